The molecular weight excluding hydrogens is 244 g/mol. The van der Waals surface area contributed by atoms with Crippen LogP contribution >= 0.6 is 11.6 Å². The Labute approximate surface area is 115 Å². The first-order valence-electron chi connectivity index (χ1n) is 6.79. The predicted molar refractivity (Wildman–Crippen MR) is 79.4 cm³/mol. The summed E-state index contributed by atoms with van der Waals surface area (Å²) in [4.78, 5) is 2.49. The lowest BCUT2D eigenvalue weighted by Crippen LogP contribution is -2.23. The fraction of sp³-hybridized carbons (Fsp3) is 0.600. The third kappa shape index (κ3) is 2.99. The third-order valence-electron chi connectivity index (χ3n) is 3.92. The minimum atomic E-state index is 0.766. The largest absolute Gasteiger partial charge is 0.371 e. The molecule has 1 aromatic carbocycles. The van der Waals surface area contributed by atoms with E-state index in [0.29, 0.717) is 0 Å². The van der Waals surface area contributed by atoms with Gasteiger partial charge in [-0.25, -0.2) is 0 Å². The van der Waals surface area contributed by atoms with E-state index in [1.54, 1.807) is 0 Å². The predicted octanol–water partition coefficient (Wildman–Crippen LogP) is 3.54. The quantitative estimate of drug-likeness (QED) is 0.897. The van der Waals surface area contributed by atoms with Crippen molar-refractivity contribution in [1.82, 2.24) is 5.32 Å². The van der Waals surface area contributed by atoms with Crippen molar-refractivity contribution in [1.29, 1.82) is 0 Å². The molecule has 0 aliphatic carbocycles. The standard InChI is InChI=1S/C15H23ClN2/c1-11(2)13-6-7-18(10-13)15-8-14(16)5-4-12(15)9-17-3/h4-5,8,11,13,17H,6-7,9-10H2,1-3H3. The van der Waals surface area contributed by atoms with Crippen molar-refractivity contribution in [2.24, 2.45) is 11.8 Å². The Morgan fingerprint density at radius 1 is 1.44 bits per heavy atom. The molecule has 1 heterocycles. The summed E-state index contributed by atoms with van der Waals surface area (Å²) in [5.74, 6) is 1.58. The van der Waals surface area contributed by atoms with Crippen LogP contribution in [-0.2, 0) is 6.54 Å². The van der Waals surface area contributed by atoms with Gasteiger partial charge < -0.3 is 10.2 Å². The van der Waals surface area contributed by atoms with E-state index in [1.807, 2.05) is 13.1 Å². The summed E-state index contributed by atoms with van der Waals surface area (Å²) >= 11 is 6.15. The van der Waals surface area contributed by atoms with Gasteiger partial charge >= 0.3 is 0 Å². The van der Waals surface area contributed by atoms with E-state index >= 15 is 0 Å². The third-order valence-corrected chi connectivity index (χ3v) is 4.16. The topological polar surface area (TPSA) is 15.3 Å². The van der Waals surface area contributed by atoms with Crippen molar-refractivity contribution < 1.29 is 0 Å². The molecule has 3 heteroatoms. The van der Waals surface area contributed by atoms with Gasteiger partial charge in [0.2, 0.25) is 0 Å². The molecule has 1 aromatic rings. The van der Waals surface area contributed by atoms with Crippen LogP contribution in [0.1, 0.15) is 25.8 Å². The average molecular weight is 267 g/mol. The van der Waals surface area contributed by atoms with Gasteiger partial charge in [0.15, 0.2) is 0 Å². The lowest BCUT2D eigenvalue weighted by molar-refractivity contribution is 0.422. The van der Waals surface area contributed by atoms with E-state index in [1.165, 1.54) is 17.7 Å². The maximum atomic E-state index is 6.15. The zero-order valence-electron chi connectivity index (χ0n) is 11.5. The monoisotopic (exact) mass is 266 g/mol. The molecule has 1 aliphatic rings. The van der Waals surface area contributed by atoms with E-state index in [2.05, 4.69) is 36.2 Å². The molecule has 0 amide bonds. The number of nitrogens with one attached hydrogen (secondary N) is 1. The molecule has 0 bridgehead atoms. The summed E-state index contributed by atoms with van der Waals surface area (Å²) in [6.07, 6.45) is 1.29. The number of hydrogen-bond donors (Lipinski definition) is 1. The summed E-state index contributed by atoms with van der Waals surface area (Å²) in [6, 6.07) is 6.22. The highest BCUT2D eigenvalue weighted by Crippen LogP contribution is 2.32. The van der Waals surface area contributed by atoms with Gasteiger partial charge in [0.25, 0.3) is 0 Å². The van der Waals surface area contributed by atoms with E-state index in [-0.39, 0.29) is 0 Å². The molecule has 1 aliphatic heterocycles. The summed E-state index contributed by atoms with van der Waals surface area (Å²) in [7, 11) is 1.99. The van der Waals surface area contributed by atoms with Gasteiger partial charge in [0, 0.05) is 30.3 Å². The van der Waals surface area contributed by atoms with E-state index in [4.69, 9.17) is 11.6 Å². The highest BCUT2D eigenvalue weighted by Gasteiger charge is 2.26. The van der Waals surface area contributed by atoms with Crippen molar-refractivity contribution in [3.8, 4) is 0 Å². The highest BCUT2D eigenvalue weighted by molar-refractivity contribution is 6.30. The molecule has 1 atom stereocenters. The zero-order valence-corrected chi connectivity index (χ0v) is 12.3. The molecule has 100 valence electrons. The molecule has 0 saturated carbocycles. The lowest BCUT2D eigenvalue weighted by atomic mass is 9.95. The van der Waals surface area contributed by atoms with E-state index < -0.39 is 0 Å². The molecule has 0 spiro atoms. The molecule has 18 heavy (non-hydrogen) atoms. The Hall–Kier alpha value is -0.730. The van der Waals surface area contributed by atoms with E-state index in [0.717, 1.165) is 36.5 Å². The van der Waals surface area contributed by atoms with Crippen LogP contribution in [0, 0.1) is 11.8 Å². The number of nitrogens with zero attached hydrogens (tertiary/aromatic N) is 1. The van der Waals surface area contributed by atoms with Crippen LogP contribution in [0.25, 0.3) is 0 Å². The number of hydrogen-bond acceptors (Lipinski definition) is 2. The van der Waals surface area contributed by atoms with Crippen molar-refractivity contribution in [3.05, 3.63) is 28.8 Å². The molecular formula is C15H23ClN2. The number of anilines is 1. The number of benzene rings is 1. The fourth-order valence-electron chi connectivity index (χ4n) is 2.72. The second kappa shape index (κ2) is 5.94. The molecule has 1 saturated heterocycles. The van der Waals surface area contributed by atoms with Gasteiger partial charge in [0.1, 0.15) is 0 Å². The summed E-state index contributed by atoms with van der Waals surface area (Å²) < 4.78 is 0. The van der Waals surface area contributed by atoms with Crippen LogP contribution < -0.4 is 10.2 Å². The number of rotatable bonds is 4. The maximum Gasteiger partial charge on any atom is 0.0426 e. The van der Waals surface area contributed by atoms with E-state index in [9.17, 15) is 0 Å². The van der Waals surface area contributed by atoms with Crippen molar-refractivity contribution in [3.63, 3.8) is 0 Å². The molecule has 1 unspecified atom stereocenters. The van der Waals surface area contributed by atoms with Crippen LogP contribution in [0.3, 0.4) is 0 Å². The van der Waals surface area contributed by atoms with Gasteiger partial charge in [-0.3, -0.25) is 0 Å². The second-order valence-corrected chi connectivity index (χ2v) is 5.98. The molecule has 2 nitrogen and oxygen atoms in total. The fourth-order valence-corrected chi connectivity index (χ4v) is 2.89. The maximum absolute atomic E-state index is 6.15. The molecule has 0 aromatic heterocycles. The SMILES string of the molecule is CNCc1ccc(Cl)cc1N1CCC(C(C)C)C1. The molecule has 1 fully saturated rings. The first kappa shape index (κ1) is 13.7. The van der Waals surface area contributed by atoms with Gasteiger partial charge in [-0.1, -0.05) is 31.5 Å². The van der Waals surface area contributed by atoms with Gasteiger partial charge in [0.05, 0.1) is 0 Å². The van der Waals surface area contributed by atoms with Crippen molar-refractivity contribution >= 4 is 17.3 Å². The van der Waals surface area contributed by atoms with Crippen molar-refractivity contribution in [2.75, 3.05) is 25.0 Å². The zero-order chi connectivity index (χ0) is 13.1. The first-order chi connectivity index (χ1) is 8.61. The van der Waals surface area contributed by atoms with Gasteiger partial charge in [-0.2, -0.15) is 0 Å². The smallest absolute Gasteiger partial charge is 0.0426 e. The Morgan fingerprint density at radius 3 is 2.83 bits per heavy atom. The average Bonchev–Trinajstić information content (AvgIpc) is 2.81. The van der Waals surface area contributed by atoms with Crippen LogP contribution in [-0.4, -0.2) is 20.1 Å². The van der Waals surface area contributed by atoms with Crippen LogP contribution in [0.4, 0.5) is 5.69 Å². The first-order valence-corrected chi connectivity index (χ1v) is 7.17. The van der Waals surface area contributed by atoms with Crippen LogP contribution in [0.5, 0.6) is 0 Å². The molecule has 1 N–H and O–H groups in total. The highest BCUT2D eigenvalue weighted by atomic mass is 35.5. The van der Waals surface area contributed by atoms with Crippen molar-refractivity contribution in [2.45, 2.75) is 26.8 Å². The summed E-state index contributed by atoms with van der Waals surface area (Å²) in [6.45, 7) is 7.85. The number of halogens is 1. The lowest BCUT2D eigenvalue weighted by Gasteiger charge is -2.23. The van der Waals surface area contributed by atoms with Gasteiger partial charge in [-0.15, -0.1) is 0 Å². The minimum absolute atomic E-state index is 0.766. The summed E-state index contributed by atoms with van der Waals surface area (Å²) in [5, 5.41) is 4.06. The Kier molecular flexibility index (Phi) is 4.52. The van der Waals surface area contributed by atoms with Crippen LogP contribution in [0.2, 0.25) is 5.02 Å². The molecule has 0 radical (unpaired) electrons. The Bertz CT molecular complexity index is 403. The van der Waals surface area contributed by atoms with Crippen LogP contribution in [0.15, 0.2) is 18.2 Å². The molecule has 2 rings (SSSR count). The van der Waals surface area contributed by atoms with Gasteiger partial charge in [-0.05, 0) is 43.0 Å². The second-order valence-electron chi connectivity index (χ2n) is 5.54. The Morgan fingerprint density at radius 2 is 2.22 bits per heavy atom. The summed E-state index contributed by atoms with van der Waals surface area (Å²) in [5.41, 5.74) is 2.64. The Balaban J connectivity index is 2.19. The minimum Gasteiger partial charge on any atom is -0.371 e. The normalized spacial score (nSPS) is 19.8.